The fraction of sp³-hybridized carbons (Fsp3) is 0.143. The van der Waals surface area contributed by atoms with Crippen LogP contribution in [-0.4, -0.2) is 15.4 Å². The number of thiazole rings is 1. The number of allylic oxidation sites excluding steroid dienone is 1. The van der Waals surface area contributed by atoms with E-state index in [0.29, 0.717) is 3.95 Å². The molecule has 1 aliphatic rings. The molecule has 1 aliphatic heterocycles. The van der Waals surface area contributed by atoms with Gasteiger partial charge in [-0.3, -0.25) is 9.56 Å². The van der Waals surface area contributed by atoms with Crippen LogP contribution in [0.25, 0.3) is 17.3 Å². The van der Waals surface area contributed by atoms with E-state index in [1.54, 1.807) is 4.57 Å². The number of benzene rings is 2. The average molecular weight is 379 g/mol. The van der Waals surface area contributed by atoms with Crippen LogP contribution in [0.4, 0.5) is 5.69 Å². The summed E-state index contributed by atoms with van der Waals surface area (Å²) < 4.78 is 2.35. The summed E-state index contributed by atoms with van der Waals surface area (Å²) in [6.45, 7) is 6.12. The van der Waals surface area contributed by atoms with Gasteiger partial charge in [-0.25, -0.2) is 0 Å². The number of aromatic nitrogens is 1. The highest BCUT2D eigenvalue weighted by Gasteiger charge is 2.19. The molecule has 0 bridgehead atoms. The molecule has 0 aliphatic carbocycles. The second-order valence-corrected chi connectivity index (χ2v) is 8.11. The molecule has 4 rings (SSSR count). The molecule has 0 fully saturated rings. The molecule has 2 heterocycles. The van der Waals surface area contributed by atoms with Gasteiger partial charge in [-0.15, -0.1) is 11.3 Å². The van der Waals surface area contributed by atoms with Crippen LogP contribution < -0.4 is 0 Å². The second-order valence-electron chi connectivity index (χ2n) is 6.43. The van der Waals surface area contributed by atoms with Crippen molar-refractivity contribution in [2.75, 3.05) is 0 Å². The largest absolute Gasteiger partial charge is 0.493 e. The Bertz CT molecular complexity index is 1150. The first-order valence-corrected chi connectivity index (χ1v) is 9.57. The molecule has 0 atom stereocenters. The maximum atomic E-state index is 10.8. The summed E-state index contributed by atoms with van der Waals surface area (Å²) in [5.74, 6) is 0.174. The van der Waals surface area contributed by atoms with Crippen LogP contribution in [0.5, 0.6) is 5.88 Å². The molecule has 26 heavy (non-hydrogen) atoms. The number of aromatic hydroxyl groups is 1. The highest BCUT2D eigenvalue weighted by Crippen LogP contribution is 2.39. The minimum absolute atomic E-state index is 0.174. The molecule has 0 amide bonds. The molecule has 2 aromatic carbocycles. The zero-order valence-corrected chi connectivity index (χ0v) is 16.4. The minimum Gasteiger partial charge on any atom is -0.493 e. The monoisotopic (exact) mass is 378 g/mol. The van der Waals surface area contributed by atoms with E-state index in [1.165, 1.54) is 22.5 Å². The summed E-state index contributed by atoms with van der Waals surface area (Å²) in [7, 11) is 0. The van der Waals surface area contributed by atoms with E-state index in [1.807, 2.05) is 49.4 Å². The quantitative estimate of drug-likeness (QED) is 0.536. The van der Waals surface area contributed by atoms with Crippen molar-refractivity contribution in [2.45, 2.75) is 20.8 Å². The van der Waals surface area contributed by atoms with Gasteiger partial charge in [-0.05, 0) is 68.4 Å². The lowest BCUT2D eigenvalue weighted by Crippen LogP contribution is -1.95. The minimum atomic E-state index is 0.174. The lowest BCUT2D eigenvalue weighted by molar-refractivity contribution is 0.441. The predicted molar refractivity (Wildman–Crippen MR) is 113 cm³/mol. The van der Waals surface area contributed by atoms with Gasteiger partial charge < -0.3 is 5.11 Å². The summed E-state index contributed by atoms with van der Waals surface area (Å²) in [4.78, 5) is 5.35. The van der Waals surface area contributed by atoms with Crippen molar-refractivity contribution >= 4 is 46.6 Å². The maximum Gasteiger partial charge on any atom is 0.215 e. The smallest absolute Gasteiger partial charge is 0.215 e. The van der Waals surface area contributed by atoms with Gasteiger partial charge in [0.15, 0.2) is 3.95 Å². The molecule has 0 spiro atoms. The Balaban J connectivity index is 1.85. The van der Waals surface area contributed by atoms with Crippen molar-refractivity contribution in [2.24, 2.45) is 4.99 Å². The van der Waals surface area contributed by atoms with E-state index in [4.69, 9.17) is 12.2 Å². The molecule has 5 heteroatoms. The Morgan fingerprint density at radius 3 is 2.62 bits per heavy atom. The number of nitrogens with zero attached hydrogens (tertiary/aromatic N) is 2. The number of aryl methyl sites for hydroxylation is 2. The van der Waals surface area contributed by atoms with Gasteiger partial charge >= 0.3 is 0 Å². The van der Waals surface area contributed by atoms with Gasteiger partial charge in [0.1, 0.15) is 0 Å². The summed E-state index contributed by atoms with van der Waals surface area (Å²) in [6, 6.07) is 14.1. The van der Waals surface area contributed by atoms with E-state index >= 15 is 0 Å². The van der Waals surface area contributed by atoms with E-state index in [0.717, 1.165) is 33.1 Å². The highest BCUT2D eigenvalue weighted by atomic mass is 32.1. The van der Waals surface area contributed by atoms with E-state index in [9.17, 15) is 5.11 Å². The number of aliphatic imine (C=N–C) groups is 1. The summed E-state index contributed by atoms with van der Waals surface area (Å²) in [6.07, 6.45) is 1.98. The SMILES string of the molecule is CC1=Nc2ccccc2C1=Cc1sc(=S)n(-c2ccc(C)c(C)c2)c1O. The number of hydrogen-bond donors (Lipinski definition) is 1. The lowest BCUT2D eigenvalue weighted by Gasteiger charge is -2.08. The number of rotatable bonds is 2. The molecule has 0 saturated carbocycles. The van der Waals surface area contributed by atoms with Gasteiger partial charge in [0.2, 0.25) is 5.88 Å². The molecule has 3 aromatic rings. The van der Waals surface area contributed by atoms with Gasteiger partial charge in [-0.2, -0.15) is 0 Å². The van der Waals surface area contributed by atoms with Crippen LogP contribution in [-0.2, 0) is 0 Å². The van der Waals surface area contributed by atoms with Gasteiger partial charge in [-0.1, -0.05) is 24.3 Å². The average Bonchev–Trinajstić information content (AvgIpc) is 3.07. The summed E-state index contributed by atoms with van der Waals surface area (Å²) >= 11 is 6.93. The molecule has 0 unspecified atom stereocenters. The Hall–Kier alpha value is -2.50. The molecule has 0 saturated heterocycles. The Labute approximate surface area is 161 Å². The van der Waals surface area contributed by atoms with Crippen molar-refractivity contribution in [3.05, 3.63) is 68.0 Å². The van der Waals surface area contributed by atoms with Crippen LogP contribution in [0.15, 0.2) is 47.5 Å². The molecule has 1 aromatic heterocycles. The second kappa shape index (κ2) is 6.34. The number of hydrogen-bond acceptors (Lipinski definition) is 4. The first kappa shape index (κ1) is 16.9. The maximum absolute atomic E-state index is 10.8. The van der Waals surface area contributed by atoms with Crippen LogP contribution in [0, 0.1) is 17.8 Å². The van der Waals surface area contributed by atoms with Crippen molar-refractivity contribution < 1.29 is 5.11 Å². The molecule has 1 N–H and O–H groups in total. The molecule has 3 nitrogen and oxygen atoms in total. The first-order chi connectivity index (χ1) is 12.5. The van der Waals surface area contributed by atoms with Crippen molar-refractivity contribution in [1.29, 1.82) is 0 Å². The van der Waals surface area contributed by atoms with E-state index in [2.05, 4.69) is 24.9 Å². The van der Waals surface area contributed by atoms with Crippen LogP contribution >= 0.6 is 23.6 Å². The molecule has 0 radical (unpaired) electrons. The van der Waals surface area contributed by atoms with Crippen molar-refractivity contribution in [1.82, 2.24) is 4.57 Å². The third-order valence-corrected chi connectivity index (χ3v) is 6.02. The zero-order chi connectivity index (χ0) is 18.4. The Morgan fingerprint density at radius 2 is 1.85 bits per heavy atom. The standard InChI is InChI=1S/C21H18N2OS2/c1-12-8-9-15(10-13(12)2)23-20(24)19(26-21(23)25)11-17-14(3)22-18-7-5-4-6-16(17)18/h4-11,24H,1-3H3. The fourth-order valence-corrected chi connectivity index (χ4v) is 4.41. The topological polar surface area (TPSA) is 37.5 Å². The third kappa shape index (κ3) is 2.73. The third-order valence-electron chi connectivity index (χ3n) is 4.71. The van der Waals surface area contributed by atoms with Crippen LogP contribution in [0.3, 0.4) is 0 Å². The Morgan fingerprint density at radius 1 is 1.08 bits per heavy atom. The fourth-order valence-electron chi connectivity index (χ4n) is 3.12. The predicted octanol–water partition coefficient (Wildman–Crippen LogP) is 6.24. The van der Waals surface area contributed by atoms with Gasteiger partial charge in [0.25, 0.3) is 0 Å². The van der Waals surface area contributed by atoms with Crippen LogP contribution in [0.2, 0.25) is 0 Å². The van der Waals surface area contributed by atoms with Crippen LogP contribution in [0.1, 0.15) is 28.5 Å². The van der Waals surface area contributed by atoms with E-state index in [-0.39, 0.29) is 5.88 Å². The highest BCUT2D eigenvalue weighted by molar-refractivity contribution is 7.73. The Kier molecular flexibility index (Phi) is 4.13. The number of fused-ring (bicyclic) bond motifs is 1. The molecular formula is C21H18N2OS2. The summed E-state index contributed by atoms with van der Waals surface area (Å²) in [5.41, 5.74) is 7.29. The van der Waals surface area contributed by atoms with E-state index < -0.39 is 0 Å². The lowest BCUT2D eigenvalue weighted by atomic mass is 10.0. The van der Waals surface area contributed by atoms with Gasteiger partial charge in [0, 0.05) is 16.8 Å². The molecular weight excluding hydrogens is 360 g/mol. The zero-order valence-electron chi connectivity index (χ0n) is 14.8. The number of para-hydroxylation sites is 1. The summed E-state index contributed by atoms with van der Waals surface area (Å²) in [5, 5.41) is 10.8. The molecule has 130 valence electrons. The van der Waals surface area contributed by atoms with Gasteiger partial charge in [0.05, 0.1) is 16.3 Å². The van der Waals surface area contributed by atoms with Crippen molar-refractivity contribution in [3.8, 4) is 11.6 Å². The normalized spacial score (nSPS) is 14.6. The first-order valence-electron chi connectivity index (χ1n) is 8.35. The van der Waals surface area contributed by atoms with Crippen molar-refractivity contribution in [3.63, 3.8) is 0 Å².